The highest BCUT2D eigenvalue weighted by molar-refractivity contribution is 7.84. The standard InChI is InChI=1S/C21H22N6O5S/c22-33(30,31)32-11-13-9-16(21(29)20(13)28)25-17-6-8-23-18-10-15(26-27(17)18)14-5-1-3-12-4-2-7-24-19(12)14/h1-8,10,13,16,20-21,25,28-29H,9,11H2,(H2,22,30,31)/t13-,16-,20-,21+/m1/s1. The number of hydrogen-bond acceptors (Lipinski definition) is 9. The van der Waals surface area contributed by atoms with E-state index in [1.54, 1.807) is 23.0 Å². The van der Waals surface area contributed by atoms with Gasteiger partial charge in [-0.05, 0) is 18.6 Å². The fraction of sp³-hybridized carbons (Fsp3) is 0.286. The molecule has 0 amide bonds. The maximum atomic E-state index is 11.1. The Morgan fingerprint density at radius 2 is 1.94 bits per heavy atom. The second-order valence-corrected chi connectivity index (χ2v) is 9.24. The number of aromatic nitrogens is 4. The molecule has 5 N–H and O–H groups in total. The molecule has 0 saturated heterocycles. The van der Waals surface area contributed by atoms with Gasteiger partial charge < -0.3 is 15.5 Å². The summed E-state index contributed by atoms with van der Waals surface area (Å²) in [6.07, 6.45) is 1.30. The van der Waals surface area contributed by atoms with Crippen LogP contribution in [0, 0.1) is 5.92 Å². The lowest BCUT2D eigenvalue weighted by molar-refractivity contribution is 0.00777. The highest BCUT2D eigenvalue weighted by atomic mass is 32.2. The quantitative estimate of drug-likeness (QED) is 0.317. The molecule has 0 aliphatic heterocycles. The molecular formula is C21H22N6O5S. The Balaban J connectivity index is 1.43. The van der Waals surface area contributed by atoms with Gasteiger partial charge in [-0.15, -0.1) is 0 Å². The fourth-order valence-corrected chi connectivity index (χ4v) is 4.62. The molecule has 1 aliphatic carbocycles. The number of fused-ring (bicyclic) bond motifs is 2. The molecule has 0 spiro atoms. The average Bonchev–Trinajstić information content (AvgIpc) is 3.34. The lowest BCUT2D eigenvalue weighted by atomic mass is 10.1. The van der Waals surface area contributed by atoms with E-state index in [0.717, 1.165) is 16.5 Å². The summed E-state index contributed by atoms with van der Waals surface area (Å²) in [7, 11) is -4.14. The third-order valence-corrected chi connectivity index (χ3v) is 6.31. The number of para-hydroxylation sites is 1. The monoisotopic (exact) mass is 470 g/mol. The molecule has 4 aromatic rings. The molecule has 1 aliphatic rings. The fourth-order valence-electron chi connectivity index (χ4n) is 4.25. The minimum absolute atomic E-state index is 0.267. The molecule has 1 aromatic carbocycles. The highest BCUT2D eigenvalue weighted by Crippen LogP contribution is 2.31. The summed E-state index contributed by atoms with van der Waals surface area (Å²) in [4.78, 5) is 8.86. The Hall–Kier alpha value is -3.16. The van der Waals surface area contributed by atoms with Gasteiger partial charge in [0.15, 0.2) is 5.65 Å². The number of aliphatic hydroxyl groups excluding tert-OH is 2. The van der Waals surface area contributed by atoms with Crippen molar-refractivity contribution in [1.29, 1.82) is 0 Å². The Morgan fingerprint density at radius 3 is 2.76 bits per heavy atom. The maximum absolute atomic E-state index is 11.1. The van der Waals surface area contributed by atoms with Crippen molar-refractivity contribution in [3.05, 3.63) is 54.9 Å². The number of nitrogens with one attached hydrogen (secondary N) is 1. The van der Waals surface area contributed by atoms with Crippen LogP contribution < -0.4 is 10.5 Å². The summed E-state index contributed by atoms with van der Waals surface area (Å²) in [5.74, 6) is -0.0493. The van der Waals surface area contributed by atoms with Gasteiger partial charge in [0.2, 0.25) is 0 Å². The van der Waals surface area contributed by atoms with Crippen LogP contribution in [0.4, 0.5) is 5.82 Å². The Kier molecular flexibility index (Phi) is 5.46. The third kappa shape index (κ3) is 4.26. The summed E-state index contributed by atoms with van der Waals surface area (Å²) < 4.78 is 28.4. The molecule has 3 heterocycles. The second-order valence-electron chi connectivity index (χ2n) is 8.02. The van der Waals surface area contributed by atoms with Crippen LogP contribution in [-0.2, 0) is 14.5 Å². The molecule has 0 radical (unpaired) electrons. The number of aliphatic hydroxyl groups is 2. The van der Waals surface area contributed by atoms with Crippen LogP contribution in [0.25, 0.3) is 27.8 Å². The van der Waals surface area contributed by atoms with E-state index < -0.39 is 34.5 Å². The number of nitrogens with two attached hydrogens (primary N) is 1. The van der Waals surface area contributed by atoms with E-state index in [0.29, 0.717) is 17.2 Å². The molecule has 33 heavy (non-hydrogen) atoms. The summed E-state index contributed by atoms with van der Waals surface area (Å²) in [5.41, 5.74) is 2.96. The molecule has 3 aromatic heterocycles. The number of pyridine rings is 1. The summed E-state index contributed by atoms with van der Waals surface area (Å²) in [6, 6.07) is 12.7. The molecule has 1 fully saturated rings. The number of nitrogens with zero attached hydrogens (tertiary/aromatic N) is 4. The Labute approximate surface area is 189 Å². The van der Waals surface area contributed by atoms with Crippen LogP contribution in [0.5, 0.6) is 0 Å². The first kappa shape index (κ1) is 21.7. The predicted octanol–water partition coefficient (Wildman–Crippen LogP) is 0.687. The molecule has 172 valence electrons. The molecule has 12 heteroatoms. The van der Waals surface area contributed by atoms with E-state index in [1.165, 1.54) is 0 Å². The van der Waals surface area contributed by atoms with Crippen LogP contribution in [0.3, 0.4) is 0 Å². The van der Waals surface area contributed by atoms with Crippen molar-refractivity contribution >= 4 is 32.7 Å². The number of rotatable bonds is 6. The van der Waals surface area contributed by atoms with Crippen molar-refractivity contribution in [3.63, 3.8) is 0 Å². The first-order valence-corrected chi connectivity index (χ1v) is 11.8. The topological polar surface area (TPSA) is 165 Å². The van der Waals surface area contributed by atoms with Crippen LogP contribution in [-0.4, -0.2) is 63.1 Å². The normalized spacial score (nSPS) is 23.4. The molecule has 1 saturated carbocycles. The third-order valence-electron chi connectivity index (χ3n) is 5.85. The zero-order chi connectivity index (χ0) is 23.2. The maximum Gasteiger partial charge on any atom is 0.333 e. The molecule has 0 unspecified atom stereocenters. The first-order valence-electron chi connectivity index (χ1n) is 10.3. The number of anilines is 1. The van der Waals surface area contributed by atoms with Crippen LogP contribution in [0.2, 0.25) is 0 Å². The Morgan fingerprint density at radius 1 is 1.12 bits per heavy atom. The Bertz CT molecular complexity index is 1420. The van der Waals surface area contributed by atoms with Gasteiger partial charge in [0.1, 0.15) is 11.9 Å². The van der Waals surface area contributed by atoms with Gasteiger partial charge in [-0.1, -0.05) is 24.3 Å². The van der Waals surface area contributed by atoms with Crippen LogP contribution in [0.15, 0.2) is 54.9 Å². The van der Waals surface area contributed by atoms with Gasteiger partial charge in [-0.2, -0.15) is 18.0 Å². The lowest BCUT2D eigenvalue weighted by Crippen LogP contribution is -2.36. The first-order chi connectivity index (χ1) is 15.8. The van der Waals surface area contributed by atoms with Gasteiger partial charge in [0, 0.05) is 35.3 Å². The summed E-state index contributed by atoms with van der Waals surface area (Å²) in [6.45, 7) is -0.318. The van der Waals surface area contributed by atoms with Gasteiger partial charge in [0.25, 0.3) is 0 Å². The van der Waals surface area contributed by atoms with Crippen molar-refractivity contribution in [2.75, 3.05) is 11.9 Å². The van der Waals surface area contributed by atoms with E-state index in [2.05, 4.69) is 19.5 Å². The van der Waals surface area contributed by atoms with Crippen molar-refractivity contribution in [2.24, 2.45) is 11.1 Å². The SMILES string of the molecule is NS(=O)(=O)OC[C@H]1C[C@@H](Nc2ccnc3cc(-c4cccc5cccnc45)nn23)[C@H](O)[C@@H]1O. The minimum atomic E-state index is -4.14. The summed E-state index contributed by atoms with van der Waals surface area (Å²) >= 11 is 0. The number of benzene rings is 1. The van der Waals surface area contributed by atoms with E-state index >= 15 is 0 Å². The van der Waals surface area contributed by atoms with E-state index in [4.69, 9.17) is 10.2 Å². The predicted molar refractivity (Wildman–Crippen MR) is 120 cm³/mol. The van der Waals surface area contributed by atoms with E-state index in [9.17, 15) is 18.6 Å². The van der Waals surface area contributed by atoms with Gasteiger partial charge >= 0.3 is 10.3 Å². The van der Waals surface area contributed by atoms with Crippen molar-refractivity contribution in [1.82, 2.24) is 19.6 Å². The molecule has 0 bridgehead atoms. The van der Waals surface area contributed by atoms with Gasteiger partial charge in [0.05, 0.1) is 30.0 Å². The zero-order valence-electron chi connectivity index (χ0n) is 17.3. The molecule has 4 atom stereocenters. The van der Waals surface area contributed by atoms with Gasteiger partial charge in [-0.3, -0.25) is 9.17 Å². The van der Waals surface area contributed by atoms with Crippen molar-refractivity contribution in [3.8, 4) is 11.3 Å². The largest absolute Gasteiger partial charge is 0.390 e. The van der Waals surface area contributed by atoms with Crippen molar-refractivity contribution in [2.45, 2.75) is 24.7 Å². The zero-order valence-corrected chi connectivity index (χ0v) is 18.1. The lowest BCUT2D eigenvalue weighted by Gasteiger charge is -2.19. The molecular weight excluding hydrogens is 448 g/mol. The van der Waals surface area contributed by atoms with Crippen LogP contribution >= 0.6 is 0 Å². The smallest absolute Gasteiger partial charge is 0.333 e. The second kappa shape index (κ2) is 8.32. The highest BCUT2D eigenvalue weighted by Gasteiger charge is 2.42. The summed E-state index contributed by atoms with van der Waals surface area (Å²) in [5, 5.41) is 34.6. The van der Waals surface area contributed by atoms with E-state index in [-0.39, 0.29) is 13.0 Å². The van der Waals surface area contributed by atoms with Crippen molar-refractivity contribution < 1.29 is 22.8 Å². The van der Waals surface area contributed by atoms with Crippen LogP contribution in [0.1, 0.15) is 6.42 Å². The van der Waals surface area contributed by atoms with E-state index in [1.807, 2.05) is 36.4 Å². The van der Waals surface area contributed by atoms with Gasteiger partial charge in [-0.25, -0.2) is 10.1 Å². The number of hydrogen-bond donors (Lipinski definition) is 4. The average molecular weight is 471 g/mol. The molecule has 5 rings (SSSR count). The molecule has 11 nitrogen and oxygen atoms in total. The minimum Gasteiger partial charge on any atom is -0.390 e.